The molecule has 0 saturated carbocycles. The summed E-state index contributed by atoms with van der Waals surface area (Å²) in [5, 5.41) is 0. The van der Waals surface area contributed by atoms with Crippen molar-refractivity contribution in [1.82, 2.24) is 0 Å². The zero-order chi connectivity index (χ0) is 12.0. The summed E-state index contributed by atoms with van der Waals surface area (Å²) in [5.41, 5.74) is 0.891. The van der Waals surface area contributed by atoms with Gasteiger partial charge in [-0.3, -0.25) is 0 Å². The van der Waals surface area contributed by atoms with E-state index in [1.807, 2.05) is 30.3 Å². The van der Waals surface area contributed by atoms with E-state index in [-0.39, 0.29) is 6.17 Å². The Kier molecular flexibility index (Phi) is 4.41. The van der Waals surface area contributed by atoms with Crippen molar-refractivity contribution in [2.24, 2.45) is 9.98 Å². The minimum Gasteiger partial charge on any atom is -0.309 e. The first kappa shape index (κ1) is 12.6. The van der Waals surface area contributed by atoms with Crippen LogP contribution in [0.2, 0.25) is 0 Å². The fraction of sp³-hybridized carbons (Fsp3) is 0.462. The second kappa shape index (κ2) is 5.59. The highest BCUT2D eigenvalue weighted by Gasteiger charge is 2.19. The molecule has 1 rings (SSSR count). The van der Waals surface area contributed by atoms with Gasteiger partial charge in [-0.15, -0.1) is 0 Å². The molecule has 86 valence electrons. The van der Waals surface area contributed by atoms with Gasteiger partial charge in [-0.2, -0.15) is 9.98 Å². The van der Waals surface area contributed by atoms with E-state index in [1.54, 1.807) is 0 Å². The highest BCUT2D eigenvalue weighted by Crippen LogP contribution is 2.10. The Labute approximate surface area is 97.7 Å². The number of hydrogen-bond donors (Lipinski definition) is 0. The number of hydrogen-bond acceptors (Lipinski definition) is 2. The van der Waals surface area contributed by atoms with Crippen LogP contribution in [0, 0.1) is 0 Å². The van der Waals surface area contributed by atoms with Crippen molar-refractivity contribution < 1.29 is 4.48 Å². The maximum absolute atomic E-state index is 4.36. The van der Waals surface area contributed by atoms with E-state index >= 15 is 0 Å². The first-order chi connectivity index (χ1) is 7.54. The van der Waals surface area contributed by atoms with Gasteiger partial charge >= 0.3 is 0 Å². The van der Waals surface area contributed by atoms with Gasteiger partial charge < -0.3 is 4.48 Å². The molecule has 3 heteroatoms. The van der Waals surface area contributed by atoms with Crippen LogP contribution in [0.25, 0.3) is 0 Å². The molecule has 0 N–H and O–H groups in total. The minimum atomic E-state index is 0.215. The predicted octanol–water partition coefficient (Wildman–Crippen LogP) is 2.93. The van der Waals surface area contributed by atoms with Crippen molar-refractivity contribution in [1.29, 1.82) is 0 Å². The molecule has 1 aromatic carbocycles. The van der Waals surface area contributed by atoms with Crippen LogP contribution in [0.3, 0.4) is 0 Å². The average molecular weight is 218 g/mol. The third-order valence-electron chi connectivity index (χ3n) is 2.40. The zero-order valence-electron chi connectivity index (χ0n) is 10.5. The van der Waals surface area contributed by atoms with Crippen LogP contribution in [0.1, 0.15) is 13.3 Å². The summed E-state index contributed by atoms with van der Waals surface area (Å²) in [6, 6.07) is 12.6. The van der Waals surface area contributed by atoms with E-state index in [0.29, 0.717) is 0 Å². The van der Waals surface area contributed by atoms with E-state index < -0.39 is 0 Å². The van der Waals surface area contributed by atoms with Gasteiger partial charge in [0.15, 0.2) is 6.17 Å². The van der Waals surface area contributed by atoms with Gasteiger partial charge in [0.25, 0.3) is 0 Å². The van der Waals surface area contributed by atoms with Crippen molar-refractivity contribution in [3.8, 4) is 0 Å². The summed E-state index contributed by atoms with van der Waals surface area (Å²) in [6.07, 6.45) is 1.20. The van der Waals surface area contributed by atoms with E-state index in [9.17, 15) is 0 Å². The van der Waals surface area contributed by atoms with Crippen molar-refractivity contribution in [2.45, 2.75) is 19.5 Å². The van der Waals surface area contributed by atoms with Gasteiger partial charge in [0.2, 0.25) is 0 Å². The van der Waals surface area contributed by atoms with E-state index in [1.165, 1.54) is 0 Å². The summed E-state index contributed by atoms with van der Waals surface area (Å²) in [6.45, 7) is 2.13. The molecular formula is C13H20N3+. The molecule has 0 aliphatic carbocycles. The molecule has 0 bridgehead atoms. The maximum atomic E-state index is 4.36. The summed E-state index contributed by atoms with van der Waals surface area (Å²) in [7, 11) is 6.38. The standard InChI is InChI=1S/C13H20N3/c1-5-13(16(2,3)4)15-11-14-12-9-7-6-8-10-12/h6-10,13H,5H2,1-4H3/q+1. The molecule has 0 aliphatic heterocycles. The smallest absolute Gasteiger partial charge is 0.192 e. The van der Waals surface area contributed by atoms with Crippen molar-refractivity contribution in [2.75, 3.05) is 21.1 Å². The van der Waals surface area contributed by atoms with E-state index in [2.05, 4.69) is 44.1 Å². The highest BCUT2D eigenvalue weighted by atomic mass is 15.4. The lowest BCUT2D eigenvalue weighted by Gasteiger charge is -2.29. The minimum absolute atomic E-state index is 0.215. The molecule has 0 fully saturated rings. The number of benzene rings is 1. The maximum Gasteiger partial charge on any atom is 0.192 e. The van der Waals surface area contributed by atoms with Crippen molar-refractivity contribution in [3.63, 3.8) is 0 Å². The molecule has 0 aliphatic rings. The molecule has 0 radical (unpaired) electrons. The van der Waals surface area contributed by atoms with Crippen LogP contribution in [-0.4, -0.2) is 37.8 Å². The van der Waals surface area contributed by atoms with Gasteiger partial charge in [-0.1, -0.05) is 25.1 Å². The molecule has 16 heavy (non-hydrogen) atoms. The van der Waals surface area contributed by atoms with Crippen LogP contribution in [0.4, 0.5) is 5.69 Å². The molecule has 1 unspecified atom stereocenters. The van der Waals surface area contributed by atoms with Crippen molar-refractivity contribution >= 4 is 11.7 Å². The molecule has 0 amide bonds. The molecule has 1 aromatic rings. The van der Waals surface area contributed by atoms with Crippen LogP contribution >= 0.6 is 0 Å². The van der Waals surface area contributed by atoms with Crippen LogP contribution in [-0.2, 0) is 0 Å². The largest absolute Gasteiger partial charge is 0.309 e. The lowest BCUT2D eigenvalue weighted by Crippen LogP contribution is -2.43. The lowest BCUT2D eigenvalue weighted by molar-refractivity contribution is -0.895. The second-order valence-corrected chi connectivity index (χ2v) is 4.68. The molecule has 1 atom stereocenters. The summed E-state index contributed by atoms with van der Waals surface area (Å²) >= 11 is 0. The van der Waals surface area contributed by atoms with E-state index in [0.717, 1.165) is 16.6 Å². The summed E-state index contributed by atoms with van der Waals surface area (Å²) < 4.78 is 0.799. The van der Waals surface area contributed by atoms with Gasteiger partial charge in [0.1, 0.15) is 6.01 Å². The Morgan fingerprint density at radius 3 is 2.31 bits per heavy atom. The van der Waals surface area contributed by atoms with Gasteiger partial charge in [0.05, 0.1) is 26.8 Å². The molecule has 3 nitrogen and oxygen atoms in total. The van der Waals surface area contributed by atoms with Gasteiger partial charge in [-0.25, -0.2) is 0 Å². The van der Waals surface area contributed by atoms with Crippen molar-refractivity contribution in [3.05, 3.63) is 30.3 Å². The first-order valence-electron chi connectivity index (χ1n) is 5.55. The number of para-hydroxylation sites is 1. The molecular weight excluding hydrogens is 198 g/mol. The normalized spacial score (nSPS) is 12.8. The summed E-state index contributed by atoms with van der Waals surface area (Å²) in [4.78, 5) is 8.55. The van der Waals surface area contributed by atoms with Gasteiger partial charge in [0, 0.05) is 6.42 Å². The average Bonchev–Trinajstić information content (AvgIpc) is 2.24. The zero-order valence-corrected chi connectivity index (χ0v) is 10.5. The molecule has 0 heterocycles. The number of rotatable bonds is 4. The number of quaternary nitrogens is 1. The van der Waals surface area contributed by atoms with Gasteiger partial charge in [-0.05, 0) is 12.1 Å². The van der Waals surface area contributed by atoms with E-state index in [4.69, 9.17) is 0 Å². The lowest BCUT2D eigenvalue weighted by atomic mass is 10.3. The number of aliphatic imine (C=N–C) groups is 2. The van der Waals surface area contributed by atoms with Crippen LogP contribution in [0.15, 0.2) is 40.3 Å². The predicted molar refractivity (Wildman–Crippen MR) is 68.1 cm³/mol. The Hall–Kier alpha value is -1.44. The molecule has 0 spiro atoms. The van der Waals surface area contributed by atoms with Crippen LogP contribution < -0.4 is 0 Å². The highest BCUT2D eigenvalue weighted by molar-refractivity contribution is 5.52. The molecule has 0 aromatic heterocycles. The monoisotopic (exact) mass is 218 g/mol. The third-order valence-corrected chi connectivity index (χ3v) is 2.40. The Morgan fingerprint density at radius 1 is 1.19 bits per heavy atom. The Bertz CT molecular complexity index is 370. The quantitative estimate of drug-likeness (QED) is 0.548. The topological polar surface area (TPSA) is 24.7 Å². The number of nitrogens with zero attached hydrogens (tertiary/aromatic N) is 3. The fourth-order valence-corrected chi connectivity index (χ4v) is 1.47. The third kappa shape index (κ3) is 3.97. The first-order valence-corrected chi connectivity index (χ1v) is 5.55. The fourth-order valence-electron chi connectivity index (χ4n) is 1.47. The van der Waals surface area contributed by atoms with Crippen LogP contribution in [0.5, 0.6) is 0 Å². The second-order valence-electron chi connectivity index (χ2n) is 4.68. The SMILES string of the molecule is CCC(N=C=Nc1ccccc1)[N+](C)(C)C. The Balaban J connectivity index is 2.76. The molecule has 0 saturated heterocycles. The summed E-state index contributed by atoms with van der Waals surface area (Å²) in [5.74, 6) is 0. The Morgan fingerprint density at radius 2 is 1.81 bits per heavy atom.